The summed E-state index contributed by atoms with van der Waals surface area (Å²) < 4.78 is 0. The van der Waals surface area contributed by atoms with Gasteiger partial charge in [0.25, 0.3) is 5.91 Å². The third-order valence-electron chi connectivity index (χ3n) is 5.47. The SMILES string of the molecule is Cc1ccc(C(=O)Nc2ccc3c(c2)CCN3C(=O)Cc2ccccn2)c(N(C)C)c1. The smallest absolute Gasteiger partial charge is 0.257 e. The number of amides is 2. The first-order chi connectivity index (χ1) is 14.9. The Morgan fingerprint density at radius 2 is 1.94 bits per heavy atom. The number of benzene rings is 2. The Kier molecular flexibility index (Phi) is 5.71. The van der Waals surface area contributed by atoms with Crippen molar-refractivity contribution < 1.29 is 9.59 Å². The van der Waals surface area contributed by atoms with Gasteiger partial charge in [0.1, 0.15) is 0 Å². The van der Waals surface area contributed by atoms with Gasteiger partial charge in [-0.15, -0.1) is 0 Å². The van der Waals surface area contributed by atoms with E-state index < -0.39 is 0 Å². The molecule has 3 aromatic rings. The minimum atomic E-state index is -0.148. The number of carbonyl (C=O) groups is 2. The maximum atomic E-state index is 12.9. The number of pyridine rings is 1. The maximum Gasteiger partial charge on any atom is 0.257 e. The lowest BCUT2D eigenvalue weighted by Crippen LogP contribution is -2.30. The first kappa shape index (κ1) is 20.6. The van der Waals surface area contributed by atoms with Crippen LogP contribution in [0.3, 0.4) is 0 Å². The third kappa shape index (κ3) is 4.43. The van der Waals surface area contributed by atoms with Crippen LogP contribution in [0.15, 0.2) is 60.8 Å². The van der Waals surface area contributed by atoms with E-state index in [2.05, 4.69) is 10.3 Å². The van der Waals surface area contributed by atoms with E-state index in [1.165, 1.54) is 0 Å². The number of hydrogen-bond acceptors (Lipinski definition) is 4. The van der Waals surface area contributed by atoms with E-state index in [0.29, 0.717) is 12.1 Å². The number of anilines is 3. The number of fused-ring (bicyclic) bond motifs is 1. The van der Waals surface area contributed by atoms with Crippen LogP contribution in [0.25, 0.3) is 0 Å². The summed E-state index contributed by atoms with van der Waals surface area (Å²) in [6.07, 6.45) is 2.74. The van der Waals surface area contributed by atoms with Gasteiger partial charge < -0.3 is 15.1 Å². The van der Waals surface area contributed by atoms with Crippen molar-refractivity contribution in [2.24, 2.45) is 0 Å². The van der Waals surface area contributed by atoms with Gasteiger partial charge in [0, 0.05) is 49.6 Å². The molecule has 31 heavy (non-hydrogen) atoms. The normalized spacial score (nSPS) is 12.4. The fraction of sp³-hybridized carbons (Fsp3) is 0.240. The van der Waals surface area contributed by atoms with Crippen molar-refractivity contribution in [2.75, 3.05) is 35.8 Å². The van der Waals surface area contributed by atoms with E-state index in [0.717, 1.165) is 40.3 Å². The van der Waals surface area contributed by atoms with Crippen molar-refractivity contribution in [3.05, 3.63) is 83.2 Å². The Hall–Kier alpha value is -3.67. The second-order valence-electron chi connectivity index (χ2n) is 8.01. The fourth-order valence-corrected chi connectivity index (χ4v) is 3.89. The molecule has 2 aromatic carbocycles. The summed E-state index contributed by atoms with van der Waals surface area (Å²) in [4.78, 5) is 33.7. The molecule has 1 aliphatic rings. The molecule has 2 heterocycles. The second-order valence-corrected chi connectivity index (χ2v) is 8.01. The van der Waals surface area contributed by atoms with Gasteiger partial charge in [-0.05, 0) is 66.9 Å². The lowest BCUT2D eigenvalue weighted by molar-refractivity contribution is -0.117. The van der Waals surface area contributed by atoms with Gasteiger partial charge in [0.15, 0.2) is 0 Å². The van der Waals surface area contributed by atoms with E-state index >= 15 is 0 Å². The molecule has 0 aliphatic carbocycles. The molecule has 6 heteroatoms. The molecule has 2 amide bonds. The van der Waals surface area contributed by atoms with Crippen LogP contribution < -0.4 is 15.1 Å². The zero-order chi connectivity index (χ0) is 22.0. The molecular weight excluding hydrogens is 388 g/mol. The molecule has 0 saturated carbocycles. The van der Waals surface area contributed by atoms with Crippen LogP contribution in [-0.4, -0.2) is 37.4 Å². The van der Waals surface area contributed by atoms with E-state index in [1.807, 2.05) is 80.5 Å². The number of nitrogens with zero attached hydrogens (tertiary/aromatic N) is 3. The summed E-state index contributed by atoms with van der Waals surface area (Å²) in [6.45, 7) is 2.65. The average Bonchev–Trinajstić information content (AvgIpc) is 3.17. The number of aryl methyl sites for hydroxylation is 1. The molecule has 4 rings (SSSR count). The van der Waals surface area contributed by atoms with Gasteiger partial charge in [-0.25, -0.2) is 0 Å². The predicted molar refractivity (Wildman–Crippen MR) is 124 cm³/mol. The molecule has 0 radical (unpaired) electrons. The van der Waals surface area contributed by atoms with E-state index in [-0.39, 0.29) is 18.2 Å². The summed E-state index contributed by atoms with van der Waals surface area (Å²) in [6, 6.07) is 17.1. The predicted octanol–water partition coefficient (Wildman–Crippen LogP) is 3.84. The lowest BCUT2D eigenvalue weighted by atomic mass is 10.1. The summed E-state index contributed by atoms with van der Waals surface area (Å²) in [5.74, 6) is -0.116. The molecule has 1 aromatic heterocycles. The van der Waals surface area contributed by atoms with Crippen LogP contribution in [-0.2, 0) is 17.6 Å². The summed E-state index contributed by atoms with van der Waals surface area (Å²) in [7, 11) is 3.86. The van der Waals surface area contributed by atoms with Crippen molar-refractivity contribution in [3.8, 4) is 0 Å². The monoisotopic (exact) mass is 414 g/mol. The molecule has 1 aliphatic heterocycles. The summed E-state index contributed by atoms with van der Waals surface area (Å²) in [5.41, 5.74) is 6.07. The quantitative estimate of drug-likeness (QED) is 0.689. The zero-order valence-corrected chi connectivity index (χ0v) is 18.1. The van der Waals surface area contributed by atoms with Crippen molar-refractivity contribution in [1.82, 2.24) is 4.98 Å². The van der Waals surface area contributed by atoms with Crippen molar-refractivity contribution in [2.45, 2.75) is 19.8 Å². The minimum absolute atomic E-state index is 0.0320. The van der Waals surface area contributed by atoms with Gasteiger partial charge in [0.05, 0.1) is 12.0 Å². The highest BCUT2D eigenvalue weighted by molar-refractivity contribution is 6.08. The standard InChI is InChI=1S/C25H26N4O2/c1-17-7-9-21(23(14-17)28(2)3)25(31)27-20-8-10-22-18(15-20)11-13-29(22)24(30)16-19-6-4-5-12-26-19/h4-10,12,14-15H,11,13,16H2,1-3H3,(H,27,31). The molecule has 0 unspecified atom stereocenters. The van der Waals surface area contributed by atoms with Crippen molar-refractivity contribution in [3.63, 3.8) is 0 Å². The number of hydrogen-bond donors (Lipinski definition) is 1. The van der Waals surface area contributed by atoms with Gasteiger partial charge in [-0.1, -0.05) is 12.1 Å². The molecule has 158 valence electrons. The average molecular weight is 415 g/mol. The summed E-state index contributed by atoms with van der Waals surface area (Å²) >= 11 is 0. The van der Waals surface area contributed by atoms with Crippen LogP contribution in [0, 0.1) is 6.92 Å². The first-order valence-corrected chi connectivity index (χ1v) is 10.3. The molecule has 6 nitrogen and oxygen atoms in total. The highest BCUT2D eigenvalue weighted by Crippen LogP contribution is 2.31. The molecular formula is C25H26N4O2. The summed E-state index contributed by atoms with van der Waals surface area (Å²) in [5, 5.41) is 3.01. The van der Waals surface area contributed by atoms with Crippen molar-refractivity contribution >= 4 is 28.9 Å². The minimum Gasteiger partial charge on any atom is -0.377 e. The van der Waals surface area contributed by atoms with E-state index in [4.69, 9.17) is 0 Å². The second kappa shape index (κ2) is 8.60. The lowest BCUT2D eigenvalue weighted by Gasteiger charge is -2.19. The van der Waals surface area contributed by atoms with Crippen LogP contribution >= 0.6 is 0 Å². The number of rotatable bonds is 5. The number of aromatic nitrogens is 1. The van der Waals surface area contributed by atoms with Gasteiger partial charge in [0.2, 0.25) is 5.91 Å². The molecule has 0 fully saturated rings. The van der Waals surface area contributed by atoms with Gasteiger partial charge in [-0.3, -0.25) is 14.6 Å². The molecule has 0 saturated heterocycles. The van der Waals surface area contributed by atoms with E-state index in [1.54, 1.807) is 11.1 Å². The Morgan fingerprint density at radius 1 is 1.10 bits per heavy atom. The molecule has 0 spiro atoms. The Balaban J connectivity index is 1.50. The van der Waals surface area contributed by atoms with Gasteiger partial charge in [-0.2, -0.15) is 0 Å². The number of nitrogens with one attached hydrogen (secondary N) is 1. The maximum absolute atomic E-state index is 12.9. The Labute approximate surface area is 182 Å². The molecule has 0 bridgehead atoms. The van der Waals surface area contributed by atoms with E-state index in [9.17, 15) is 9.59 Å². The highest BCUT2D eigenvalue weighted by Gasteiger charge is 2.25. The van der Waals surface area contributed by atoms with Crippen LogP contribution in [0.1, 0.15) is 27.2 Å². The Bertz CT molecular complexity index is 1130. The van der Waals surface area contributed by atoms with Crippen LogP contribution in [0.2, 0.25) is 0 Å². The number of carbonyl (C=O) groups excluding carboxylic acids is 2. The molecule has 1 N–H and O–H groups in total. The Morgan fingerprint density at radius 3 is 2.68 bits per heavy atom. The van der Waals surface area contributed by atoms with Crippen molar-refractivity contribution in [1.29, 1.82) is 0 Å². The van der Waals surface area contributed by atoms with Crippen LogP contribution in [0.5, 0.6) is 0 Å². The fourth-order valence-electron chi connectivity index (χ4n) is 3.89. The largest absolute Gasteiger partial charge is 0.377 e. The van der Waals surface area contributed by atoms with Crippen LogP contribution in [0.4, 0.5) is 17.1 Å². The molecule has 0 atom stereocenters. The third-order valence-corrected chi connectivity index (χ3v) is 5.47. The topological polar surface area (TPSA) is 65.5 Å². The highest BCUT2D eigenvalue weighted by atomic mass is 16.2. The van der Waals surface area contributed by atoms with Gasteiger partial charge >= 0.3 is 0 Å². The zero-order valence-electron chi connectivity index (χ0n) is 18.1. The first-order valence-electron chi connectivity index (χ1n) is 10.3.